The summed E-state index contributed by atoms with van der Waals surface area (Å²) in [6, 6.07) is 3.21. The van der Waals surface area contributed by atoms with Gasteiger partial charge in [-0.25, -0.2) is 9.88 Å². The Balaban J connectivity index is 1.61. The number of amides is 2. The van der Waals surface area contributed by atoms with Crippen LogP contribution in [0.15, 0.2) is 18.2 Å². The lowest BCUT2D eigenvalue weighted by Crippen LogP contribution is -2.48. The SMILES string of the molecule is C[C@@]12C(=O)N(c3nc4ccc(C(F)(F)F)cc4s3)C(=O)[C@]1(C)[C@H]1CC[C@@H]2O1. The highest BCUT2D eigenvalue weighted by atomic mass is 32.1. The molecule has 1 aromatic heterocycles. The fourth-order valence-corrected chi connectivity index (χ4v) is 5.79. The van der Waals surface area contributed by atoms with E-state index in [1.807, 2.05) is 0 Å². The molecule has 142 valence electrons. The topological polar surface area (TPSA) is 59.5 Å². The molecule has 0 N–H and O–H groups in total. The summed E-state index contributed by atoms with van der Waals surface area (Å²) < 4.78 is 45.0. The highest BCUT2D eigenvalue weighted by Crippen LogP contribution is 2.64. The maximum absolute atomic E-state index is 13.2. The number of alkyl halides is 3. The zero-order chi connectivity index (χ0) is 19.4. The number of ether oxygens (including phenoxy) is 1. The van der Waals surface area contributed by atoms with Crippen LogP contribution in [0.25, 0.3) is 10.2 Å². The van der Waals surface area contributed by atoms with E-state index in [0.29, 0.717) is 5.52 Å². The van der Waals surface area contributed by atoms with E-state index in [4.69, 9.17) is 4.74 Å². The largest absolute Gasteiger partial charge is 0.416 e. The Morgan fingerprint density at radius 3 is 2.30 bits per heavy atom. The van der Waals surface area contributed by atoms with E-state index in [1.165, 1.54) is 6.07 Å². The molecule has 4 atom stereocenters. The predicted octanol–water partition coefficient (Wildman–Crippen LogP) is 3.76. The van der Waals surface area contributed by atoms with Crippen molar-refractivity contribution in [1.29, 1.82) is 0 Å². The molecule has 1 aromatic carbocycles. The van der Waals surface area contributed by atoms with Gasteiger partial charge in [-0.05, 0) is 44.9 Å². The van der Waals surface area contributed by atoms with Gasteiger partial charge in [-0.15, -0.1) is 0 Å². The number of benzene rings is 1. The first-order valence-corrected chi connectivity index (χ1v) is 9.42. The van der Waals surface area contributed by atoms with Crippen LogP contribution in [0.5, 0.6) is 0 Å². The number of aromatic nitrogens is 1. The zero-order valence-electron chi connectivity index (χ0n) is 14.5. The van der Waals surface area contributed by atoms with E-state index < -0.39 is 22.6 Å². The second kappa shape index (κ2) is 4.88. The van der Waals surface area contributed by atoms with Gasteiger partial charge in [-0.3, -0.25) is 9.59 Å². The highest BCUT2D eigenvalue weighted by molar-refractivity contribution is 7.22. The van der Waals surface area contributed by atoms with Crippen LogP contribution in [-0.4, -0.2) is 29.0 Å². The fourth-order valence-electron chi connectivity index (χ4n) is 4.79. The maximum atomic E-state index is 13.2. The van der Waals surface area contributed by atoms with Gasteiger partial charge in [0, 0.05) is 0 Å². The number of imide groups is 1. The third-order valence-corrected chi connectivity index (χ3v) is 7.58. The van der Waals surface area contributed by atoms with Gasteiger partial charge in [0.25, 0.3) is 0 Å². The molecule has 3 saturated heterocycles. The summed E-state index contributed by atoms with van der Waals surface area (Å²) in [6.07, 6.45) is -3.66. The summed E-state index contributed by atoms with van der Waals surface area (Å²) in [5.74, 6) is -0.755. The van der Waals surface area contributed by atoms with Crippen LogP contribution in [0.2, 0.25) is 0 Å². The third kappa shape index (κ3) is 1.86. The molecule has 3 aliphatic heterocycles. The molecule has 5 rings (SSSR count). The first-order chi connectivity index (χ1) is 12.6. The van der Waals surface area contributed by atoms with Crippen molar-refractivity contribution in [1.82, 2.24) is 4.98 Å². The Morgan fingerprint density at radius 1 is 1.15 bits per heavy atom. The summed E-state index contributed by atoms with van der Waals surface area (Å²) in [6.45, 7) is 3.51. The third-order valence-electron chi connectivity index (χ3n) is 6.58. The van der Waals surface area contributed by atoms with Crippen LogP contribution >= 0.6 is 11.3 Å². The van der Waals surface area contributed by atoms with Gasteiger partial charge in [0.2, 0.25) is 11.8 Å². The van der Waals surface area contributed by atoms with Crippen LogP contribution in [0.3, 0.4) is 0 Å². The van der Waals surface area contributed by atoms with Crippen molar-refractivity contribution in [3.05, 3.63) is 23.8 Å². The number of halogens is 3. The van der Waals surface area contributed by atoms with Gasteiger partial charge < -0.3 is 4.74 Å². The number of carbonyl (C=O) groups excluding carboxylic acids is 2. The molecule has 2 bridgehead atoms. The van der Waals surface area contributed by atoms with Crippen LogP contribution in [-0.2, 0) is 20.5 Å². The summed E-state index contributed by atoms with van der Waals surface area (Å²) >= 11 is 0.924. The van der Waals surface area contributed by atoms with Gasteiger partial charge in [0.1, 0.15) is 0 Å². The molecule has 0 saturated carbocycles. The Hall–Kier alpha value is -2.00. The Morgan fingerprint density at radius 2 is 1.74 bits per heavy atom. The number of fused-ring (bicyclic) bond motifs is 6. The van der Waals surface area contributed by atoms with E-state index >= 15 is 0 Å². The molecule has 2 amide bonds. The van der Waals surface area contributed by atoms with Crippen molar-refractivity contribution in [3.8, 4) is 0 Å². The zero-order valence-corrected chi connectivity index (χ0v) is 15.3. The van der Waals surface area contributed by atoms with Gasteiger partial charge >= 0.3 is 6.18 Å². The van der Waals surface area contributed by atoms with Gasteiger partial charge in [-0.2, -0.15) is 13.2 Å². The lowest BCUT2D eigenvalue weighted by molar-refractivity contribution is -0.137. The fraction of sp³-hybridized carbons (Fsp3) is 0.500. The molecule has 0 radical (unpaired) electrons. The van der Waals surface area contributed by atoms with E-state index in [-0.39, 0.29) is 33.9 Å². The molecule has 2 aromatic rings. The van der Waals surface area contributed by atoms with E-state index in [9.17, 15) is 22.8 Å². The molecule has 4 heterocycles. The highest BCUT2D eigenvalue weighted by Gasteiger charge is 2.77. The molecular formula is C18H15F3N2O3S. The second-order valence-corrected chi connectivity index (χ2v) is 8.73. The molecular weight excluding hydrogens is 381 g/mol. The number of carbonyl (C=O) groups is 2. The molecule has 5 nitrogen and oxygen atoms in total. The van der Waals surface area contributed by atoms with E-state index in [1.54, 1.807) is 13.8 Å². The normalized spacial score (nSPS) is 35.5. The molecule has 0 unspecified atom stereocenters. The van der Waals surface area contributed by atoms with Crippen molar-refractivity contribution in [2.24, 2.45) is 10.8 Å². The molecule has 9 heteroatoms. The van der Waals surface area contributed by atoms with Gasteiger partial charge in [-0.1, -0.05) is 11.3 Å². The van der Waals surface area contributed by atoms with Crippen molar-refractivity contribution >= 4 is 38.5 Å². The minimum atomic E-state index is -4.47. The Labute approximate surface area is 156 Å². The summed E-state index contributed by atoms with van der Waals surface area (Å²) in [4.78, 5) is 31.8. The van der Waals surface area contributed by atoms with Gasteiger partial charge in [0.15, 0.2) is 5.13 Å². The van der Waals surface area contributed by atoms with Crippen molar-refractivity contribution < 1.29 is 27.5 Å². The smallest absolute Gasteiger partial charge is 0.373 e. The Kier molecular flexibility index (Phi) is 3.10. The van der Waals surface area contributed by atoms with Crippen molar-refractivity contribution in [2.45, 2.75) is 45.1 Å². The number of hydrogen-bond donors (Lipinski definition) is 0. The second-order valence-electron chi connectivity index (χ2n) is 7.72. The van der Waals surface area contributed by atoms with Crippen LogP contribution < -0.4 is 4.90 Å². The summed E-state index contributed by atoms with van der Waals surface area (Å²) in [5, 5.41) is 0.121. The average molecular weight is 396 g/mol. The lowest BCUT2D eigenvalue weighted by atomic mass is 9.59. The number of rotatable bonds is 1. The standard InChI is InChI=1S/C18H15F3N2O3S/c1-16-11-5-6-12(26-11)17(16,2)14(25)23(13(16)24)15-22-9-4-3-8(18(19,20)21)7-10(9)27-15/h3-4,7,11-12H,5-6H2,1-2H3/t11-,12+,16+,17-. The summed E-state index contributed by atoms with van der Waals surface area (Å²) in [7, 11) is 0. The number of anilines is 1. The number of hydrogen-bond acceptors (Lipinski definition) is 5. The molecule has 27 heavy (non-hydrogen) atoms. The molecule has 0 spiro atoms. The summed E-state index contributed by atoms with van der Waals surface area (Å²) in [5.41, 5.74) is -2.40. The van der Waals surface area contributed by atoms with Crippen LogP contribution in [0.1, 0.15) is 32.3 Å². The number of thiazole rings is 1. The van der Waals surface area contributed by atoms with E-state index in [0.717, 1.165) is 41.2 Å². The van der Waals surface area contributed by atoms with Crippen molar-refractivity contribution in [3.63, 3.8) is 0 Å². The predicted molar refractivity (Wildman–Crippen MR) is 91.2 cm³/mol. The minimum Gasteiger partial charge on any atom is -0.373 e. The lowest BCUT2D eigenvalue weighted by Gasteiger charge is -2.36. The van der Waals surface area contributed by atoms with Gasteiger partial charge in [0.05, 0.1) is 38.8 Å². The molecule has 3 aliphatic rings. The number of nitrogens with zero attached hydrogens (tertiary/aromatic N) is 2. The monoisotopic (exact) mass is 396 g/mol. The van der Waals surface area contributed by atoms with Crippen molar-refractivity contribution in [2.75, 3.05) is 4.90 Å². The minimum absolute atomic E-state index is 0.121. The molecule has 0 aliphatic carbocycles. The van der Waals surface area contributed by atoms with Crippen LogP contribution in [0, 0.1) is 10.8 Å². The van der Waals surface area contributed by atoms with E-state index in [2.05, 4.69) is 4.98 Å². The first kappa shape index (κ1) is 17.1. The Bertz CT molecular complexity index is 985. The maximum Gasteiger partial charge on any atom is 0.416 e. The molecule has 3 fully saturated rings. The average Bonchev–Trinajstić information content (AvgIpc) is 3.31. The van der Waals surface area contributed by atoms with Crippen LogP contribution in [0.4, 0.5) is 18.3 Å². The first-order valence-electron chi connectivity index (χ1n) is 8.60. The quantitative estimate of drug-likeness (QED) is 0.689.